The molecule has 0 saturated heterocycles. The first-order chi connectivity index (χ1) is 17.7. The van der Waals surface area contributed by atoms with Crippen molar-refractivity contribution in [3.63, 3.8) is 0 Å². The van der Waals surface area contributed by atoms with Crippen molar-refractivity contribution >= 4 is 5.97 Å². The lowest BCUT2D eigenvalue weighted by Gasteiger charge is -2.09. The first-order valence-corrected chi connectivity index (χ1v) is 14.4. The maximum atomic E-state index is 12.5. The Labute approximate surface area is 219 Å². The van der Waals surface area contributed by atoms with Gasteiger partial charge in [-0.3, -0.25) is 0 Å². The van der Waals surface area contributed by atoms with E-state index in [1.54, 1.807) is 24.3 Å². The van der Waals surface area contributed by atoms with Crippen LogP contribution in [0.3, 0.4) is 0 Å². The Kier molecular flexibility index (Phi) is 16.2. The molecule has 4 nitrogen and oxygen atoms in total. The minimum Gasteiger partial charge on any atom is -0.494 e. The quantitative estimate of drug-likeness (QED) is 0.0980. The topological polar surface area (TPSA) is 44.8 Å². The number of hydrogen-bond donors (Lipinski definition) is 0. The Bertz CT molecular complexity index is 798. The molecular formula is C32H48O4. The van der Waals surface area contributed by atoms with E-state index in [-0.39, 0.29) is 5.97 Å². The zero-order valence-corrected chi connectivity index (χ0v) is 22.8. The van der Waals surface area contributed by atoms with E-state index in [4.69, 9.17) is 14.2 Å². The van der Waals surface area contributed by atoms with Gasteiger partial charge < -0.3 is 14.2 Å². The first-order valence-electron chi connectivity index (χ1n) is 14.4. The summed E-state index contributed by atoms with van der Waals surface area (Å²) in [6.07, 6.45) is 19.1. The number of unbranched alkanes of at least 4 members (excludes halogenated alkanes) is 13. The van der Waals surface area contributed by atoms with Crippen LogP contribution in [0.1, 0.15) is 121 Å². The molecule has 200 valence electrons. The minimum absolute atomic E-state index is 0.374. The fraction of sp³-hybridized carbons (Fsp3) is 0.594. The largest absolute Gasteiger partial charge is 0.494 e. The molecule has 0 aliphatic heterocycles. The summed E-state index contributed by atoms with van der Waals surface area (Å²) in [5.41, 5.74) is 0.507. The highest BCUT2D eigenvalue weighted by molar-refractivity contribution is 5.91. The van der Waals surface area contributed by atoms with E-state index in [0.717, 1.165) is 30.9 Å². The van der Waals surface area contributed by atoms with Crippen LogP contribution < -0.4 is 14.2 Å². The van der Waals surface area contributed by atoms with Crippen molar-refractivity contribution in [2.45, 2.75) is 110 Å². The third kappa shape index (κ3) is 13.6. The normalized spacial score (nSPS) is 10.8. The number of ether oxygens (including phenoxy) is 3. The number of esters is 1. The Hall–Kier alpha value is -2.49. The van der Waals surface area contributed by atoms with Crippen molar-refractivity contribution in [1.82, 2.24) is 0 Å². The summed E-state index contributed by atoms with van der Waals surface area (Å²) < 4.78 is 17.1. The van der Waals surface area contributed by atoms with E-state index in [0.29, 0.717) is 17.9 Å². The molecule has 0 heterocycles. The molecule has 4 heteroatoms. The number of carbonyl (C=O) groups excluding carboxylic acids is 1. The maximum Gasteiger partial charge on any atom is 0.343 e. The van der Waals surface area contributed by atoms with Gasteiger partial charge >= 0.3 is 5.97 Å². The molecule has 0 bridgehead atoms. The maximum absolute atomic E-state index is 12.5. The summed E-state index contributed by atoms with van der Waals surface area (Å²) in [5, 5.41) is 0. The summed E-state index contributed by atoms with van der Waals surface area (Å²) in [6.45, 7) is 5.92. The molecule has 0 unspecified atom stereocenters. The van der Waals surface area contributed by atoms with Crippen molar-refractivity contribution in [3.8, 4) is 17.2 Å². The van der Waals surface area contributed by atoms with Gasteiger partial charge in [-0.05, 0) is 61.4 Å². The van der Waals surface area contributed by atoms with Crippen molar-refractivity contribution in [2.75, 3.05) is 13.2 Å². The highest BCUT2D eigenvalue weighted by Crippen LogP contribution is 2.20. The molecule has 2 aromatic carbocycles. The van der Waals surface area contributed by atoms with Crippen LogP contribution in [-0.4, -0.2) is 19.2 Å². The molecule has 0 aliphatic rings. The van der Waals surface area contributed by atoms with Crippen molar-refractivity contribution in [2.24, 2.45) is 0 Å². The van der Waals surface area contributed by atoms with Gasteiger partial charge in [0.15, 0.2) is 0 Å². The molecule has 2 aromatic rings. The molecule has 0 atom stereocenters. The second-order valence-corrected chi connectivity index (χ2v) is 9.68. The lowest BCUT2D eigenvalue weighted by atomic mass is 10.1. The van der Waals surface area contributed by atoms with Crippen LogP contribution in [0, 0.1) is 0 Å². The SMILES string of the molecule is CCCCCCCCCCCOc1ccc(OC(=O)c2ccc(OCCCCCCCC)cc2)cc1. The highest BCUT2D eigenvalue weighted by Gasteiger charge is 2.09. The van der Waals surface area contributed by atoms with Crippen LogP contribution in [0.5, 0.6) is 17.2 Å². The van der Waals surface area contributed by atoms with Crippen molar-refractivity contribution in [3.05, 3.63) is 54.1 Å². The monoisotopic (exact) mass is 496 g/mol. The fourth-order valence-electron chi connectivity index (χ4n) is 4.13. The lowest BCUT2D eigenvalue weighted by molar-refractivity contribution is 0.0734. The molecule has 0 spiro atoms. The van der Waals surface area contributed by atoms with Gasteiger partial charge in [0.2, 0.25) is 0 Å². The summed E-state index contributed by atoms with van der Waals surface area (Å²) in [6, 6.07) is 14.4. The molecule has 0 radical (unpaired) electrons. The Balaban J connectivity index is 1.59. The third-order valence-corrected chi connectivity index (χ3v) is 6.41. The summed E-state index contributed by atoms with van der Waals surface area (Å²) >= 11 is 0. The summed E-state index contributed by atoms with van der Waals surface area (Å²) in [4.78, 5) is 12.5. The third-order valence-electron chi connectivity index (χ3n) is 6.41. The average molecular weight is 497 g/mol. The Morgan fingerprint density at radius 3 is 1.31 bits per heavy atom. The van der Waals surface area contributed by atoms with Crippen molar-refractivity contribution in [1.29, 1.82) is 0 Å². The molecule has 36 heavy (non-hydrogen) atoms. The van der Waals surface area contributed by atoms with Gasteiger partial charge in [-0.2, -0.15) is 0 Å². The summed E-state index contributed by atoms with van der Waals surface area (Å²) in [5.74, 6) is 1.73. The molecule has 0 N–H and O–H groups in total. The minimum atomic E-state index is -0.374. The Morgan fingerprint density at radius 2 is 0.861 bits per heavy atom. The highest BCUT2D eigenvalue weighted by atomic mass is 16.5. The van der Waals surface area contributed by atoms with E-state index in [2.05, 4.69) is 13.8 Å². The van der Waals surface area contributed by atoms with Crippen LogP contribution in [0.15, 0.2) is 48.5 Å². The van der Waals surface area contributed by atoms with Gasteiger partial charge in [0.05, 0.1) is 18.8 Å². The lowest BCUT2D eigenvalue weighted by Crippen LogP contribution is -2.08. The van der Waals surface area contributed by atoms with Gasteiger partial charge in [-0.1, -0.05) is 97.3 Å². The molecule has 0 saturated carbocycles. The van der Waals surface area contributed by atoms with Crippen molar-refractivity contribution < 1.29 is 19.0 Å². The van der Waals surface area contributed by atoms with E-state index < -0.39 is 0 Å². The van der Waals surface area contributed by atoms with Gasteiger partial charge in [0.1, 0.15) is 17.2 Å². The second-order valence-electron chi connectivity index (χ2n) is 9.68. The number of carbonyl (C=O) groups is 1. The number of hydrogen-bond acceptors (Lipinski definition) is 4. The van der Waals surface area contributed by atoms with Gasteiger partial charge in [-0.15, -0.1) is 0 Å². The Morgan fingerprint density at radius 1 is 0.500 bits per heavy atom. The molecule has 0 aromatic heterocycles. The first kappa shape index (κ1) is 29.7. The van der Waals surface area contributed by atoms with Crippen LogP contribution in [0.25, 0.3) is 0 Å². The number of rotatable bonds is 21. The van der Waals surface area contributed by atoms with Crippen LogP contribution >= 0.6 is 0 Å². The second kappa shape index (κ2) is 19.7. The van der Waals surface area contributed by atoms with Gasteiger partial charge in [-0.25, -0.2) is 4.79 Å². The van der Waals surface area contributed by atoms with Crippen LogP contribution in [-0.2, 0) is 0 Å². The van der Waals surface area contributed by atoms with E-state index >= 15 is 0 Å². The average Bonchev–Trinajstić information content (AvgIpc) is 2.90. The van der Waals surface area contributed by atoms with E-state index in [9.17, 15) is 4.79 Å². The standard InChI is InChI=1S/C32H48O4/c1-3-5-7-9-11-12-13-15-17-27-35-30-22-24-31(25-23-30)36-32(33)28-18-20-29(21-19-28)34-26-16-14-10-8-6-4-2/h18-25H,3-17,26-27H2,1-2H3. The molecular weight excluding hydrogens is 448 g/mol. The zero-order valence-electron chi connectivity index (χ0n) is 22.8. The molecule has 0 amide bonds. The molecule has 0 fully saturated rings. The van der Waals surface area contributed by atoms with Crippen LogP contribution in [0.4, 0.5) is 0 Å². The predicted molar refractivity (Wildman–Crippen MR) is 149 cm³/mol. The molecule has 0 aliphatic carbocycles. The predicted octanol–water partition coefficient (Wildman–Crippen LogP) is 9.55. The smallest absolute Gasteiger partial charge is 0.343 e. The van der Waals surface area contributed by atoms with E-state index in [1.807, 2.05) is 24.3 Å². The van der Waals surface area contributed by atoms with Crippen LogP contribution in [0.2, 0.25) is 0 Å². The molecule has 2 rings (SSSR count). The zero-order chi connectivity index (χ0) is 25.7. The van der Waals surface area contributed by atoms with Gasteiger partial charge in [0, 0.05) is 0 Å². The fourth-order valence-corrected chi connectivity index (χ4v) is 4.13. The number of benzene rings is 2. The van der Waals surface area contributed by atoms with E-state index in [1.165, 1.54) is 83.5 Å². The summed E-state index contributed by atoms with van der Waals surface area (Å²) in [7, 11) is 0. The van der Waals surface area contributed by atoms with Gasteiger partial charge in [0.25, 0.3) is 0 Å².